The Balaban J connectivity index is 2.16. The van der Waals surface area contributed by atoms with Crippen molar-refractivity contribution in [3.63, 3.8) is 0 Å². The molecule has 8 heteroatoms. The van der Waals surface area contributed by atoms with Crippen molar-refractivity contribution in [2.75, 3.05) is 12.9 Å². The smallest absolute Gasteiger partial charge is 0.329 e. The molecule has 31 heavy (non-hydrogen) atoms. The number of hydrogen-bond donors (Lipinski definition) is 3. The number of nitrogens with one attached hydrogen (secondary N) is 1. The van der Waals surface area contributed by atoms with Crippen LogP contribution in [-0.2, 0) is 19.1 Å². The molecule has 0 spiro atoms. The number of hydrogen-bond acceptors (Lipinski definition) is 6. The number of aliphatic carboxylic acids is 1. The summed E-state index contributed by atoms with van der Waals surface area (Å²) in [6.07, 6.45) is 6.82. The number of esters is 1. The number of carboxylic acid groups (broad SMARTS) is 1. The summed E-state index contributed by atoms with van der Waals surface area (Å²) in [4.78, 5) is 35.6. The van der Waals surface area contributed by atoms with Crippen molar-refractivity contribution < 1.29 is 24.2 Å². The van der Waals surface area contributed by atoms with Gasteiger partial charge in [0.2, 0.25) is 5.91 Å². The third-order valence-corrected chi connectivity index (χ3v) is 8.83. The monoisotopic (exact) mass is 456 g/mol. The highest BCUT2D eigenvalue weighted by atomic mass is 32.2. The zero-order valence-corrected chi connectivity index (χ0v) is 20.4. The van der Waals surface area contributed by atoms with E-state index in [0.717, 1.165) is 0 Å². The summed E-state index contributed by atoms with van der Waals surface area (Å²) < 4.78 is 4.91. The lowest BCUT2D eigenvalue weighted by molar-refractivity contribution is -0.144. The highest BCUT2D eigenvalue weighted by Crippen LogP contribution is 2.57. The van der Waals surface area contributed by atoms with Crippen molar-refractivity contribution in [3.8, 4) is 0 Å². The molecule has 0 bridgehead atoms. The number of carboxylic acids is 1. The first-order valence-corrected chi connectivity index (χ1v) is 12.4. The standard InChI is InChI=1S/C23H40N2O5S/c1-22(2)10-7-11-23(3,4)19(22)18(14-8-6-9-14)31-13-16(21(29)30-5)25-20(28)15(24)12-17(26)27/h14-16,18-19H,6-13,24H2,1-5H3,(H,25,28)(H,26,27)/t15-,16-,18?/m0/s1. The average molecular weight is 457 g/mol. The number of ether oxygens (including phenoxy) is 1. The molecule has 2 aliphatic rings. The maximum atomic E-state index is 12.4. The predicted octanol–water partition coefficient (Wildman–Crippen LogP) is 3.20. The van der Waals surface area contributed by atoms with Gasteiger partial charge in [0.1, 0.15) is 6.04 Å². The summed E-state index contributed by atoms with van der Waals surface area (Å²) in [5, 5.41) is 11.9. The molecule has 178 valence electrons. The second kappa shape index (κ2) is 10.6. The van der Waals surface area contributed by atoms with Gasteiger partial charge in [-0.05, 0) is 48.3 Å². The number of nitrogens with two attached hydrogens (primary N) is 1. The van der Waals surface area contributed by atoms with Crippen molar-refractivity contribution in [1.29, 1.82) is 0 Å². The van der Waals surface area contributed by atoms with Gasteiger partial charge in [0.25, 0.3) is 0 Å². The van der Waals surface area contributed by atoms with E-state index in [2.05, 4.69) is 33.0 Å². The van der Waals surface area contributed by atoms with Crippen molar-refractivity contribution in [2.45, 2.75) is 90.0 Å². The largest absolute Gasteiger partial charge is 0.481 e. The summed E-state index contributed by atoms with van der Waals surface area (Å²) >= 11 is 1.76. The molecule has 1 unspecified atom stereocenters. The minimum atomic E-state index is -1.20. The molecule has 0 heterocycles. The normalized spacial score (nSPS) is 23.8. The minimum Gasteiger partial charge on any atom is -0.481 e. The number of methoxy groups -OCH3 is 1. The molecule has 2 fully saturated rings. The fourth-order valence-electron chi connectivity index (χ4n) is 5.61. The van der Waals surface area contributed by atoms with Crippen molar-refractivity contribution >= 4 is 29.6 Å². The summed E-state index contributed by atoms with van der Waals surface area (Å²) in [5.41, 5.74) is 6.10. The fraction of sp³-hybridized carbons (Fsp3) is 0.870. The number of carbonyl (C=O) groups excluding carboxylic acids is 2. The topological polar surface area (TPSA) is 119 Å². The van der Waals surface area contributed by atoms with Crippen molar-refractivity contribution in [2.24, 2.45) is 28.4 Å². The van der Waals surface area contributed by atoms with E-state index < -0.39 is 36.4 Å². The Morgan fingerprint density at radius 3 is 2.16 bits per heavy atom. The molecular weight excluding hydrogens is 416 g/mol. The third kappa shape index (κ3) is 6.60. The molecule has 2 rings (SSSR count). The number of carbonyl (C=O) groups is 3. The summed E-state index contributed by atoms with van der Waals surface area (Å²) in [6, 6.07) is -2.05. The van der Waals surface area contributed by atoms with Gasteiger partial charge in [-0.2, -0.15) is 11.8 Å². The van der Waals surface area contributed by atoms with E-state index in [-0.39, 0.29) is 10.8 Å². The maximum Gasteiger partial charge on any atom is 0.329 e. The van der Waals surface area contributed by atoms with Gasteiger partial charge in [-0.1, -0.05) is 40.5 Å². The molecule has 0 aromatic carbocycles. The van der Waals surface area contributed by atoms with Gasteiger partial charge < -0.3 is 20.9 Å². The SMILES string of the molecule is COC(=O)[C@H](CSC(C1CCC1)C1C(C)(C)CCCC1(C)C)NC(=O)[C@@H](N)CC(=O)O. The zero-order chi connectivity index (χ0) is 23.4. The molecule has 1 amide bonds. The first-order valence-electron chi connectivity index (χ1n) is 11.4. The fourth-order valence-corrected chi connectivity index (χ4v) is 7.72. The van der Waals surface area contributed by atoms with Crippen molar-refractivity contribution in [3.05, 3.63) is 0 Å². The lowest BCUT2D eigenvalue weighted by atomic mass is 9.54. The summed E-state index contributed by atoms with van der Waals surface area (Å²) in [5.74, 6) is -0.808. The highest BCUT2D eigenvalue weighted by molar-refractivity contribution is 8.00. The van der Waals surface area contributed by atoms with Gasteiger partial charge in [-0.15, -0.1) is 0 Å². The Morgan fingerprint density at radius 2 is 1.71 bits per heavy atom. The van der Waals surface area contributed by atoms with Crippen LogP contribution >= 0.6 is 11.8 Å². The minimum absolute atomic E-state index is 0.211. The van der Waals surface area contributed by atoms with Crippen LogP contribution in [0.4, 0.5) is 0 Å². The Kier molecular flexibility index (Phi) is 8.85. The maximum absolute atomic E-state index is 12.4. The van der Waals surface area contributed by atoms with Crippen LogP contribution in [0.25, 0.3) is 0 Å². The number of rotatable bonds is 10. The van der Waals surface area contributed by atoms with Crippen LogP contribution < -0.4 is 11.1 Å². The predicted molar refractivity (Wildman–Crippen MR) is 123 cm³/mol. The van der Waals surface area contributed by atoms with Crippen LogP contribution in [0.3, 0.4) is 0 Å². The summed E-state index contributed by atoms with van der Waals surface area (Å²) in [6.45, 7) is 9.48. The molecule has 7 nitrogen and oxygen atoms in total. The van der Waals surface area contributed by atoms with Gasteiger partial charge in [0, 0.05) is 11.0 Å². The molecule has 2 aliphatic carbocycles. The molecule has 0 saturated heterocycles. The first-order chi connectivity index (χ1) is 14.4. The molecule has 0 aromatic rings. The molecule has 4 N–H and O–H groups in total. The van der Waals surface area contributed by atoms with E-state index >= 15 is 0 Å². The van der Waals surface area contributed by atoms with E-state index in [1.165, 1.54) is 45.6 Å². The third-order valence-electron chi connectivity index (χ3n) is 7.26. The molecule has 0 radical (unpaired) electrons. The van der Waals surface area contributed by atoms with Crippen LogP contribution in [0.1, 0.15) is 72.6 Å². The van der Waals surface area contributed by atoms with E-state index in [1.807, 2.05) is 0 Å². The Bertz CT molecular complexity index is 646. The Morgan fingerprint density at radius 1 is 1.13 bits per heavy atom. The van der Waals surface area contributed by atoms with Crippen LogP contribution in [-0.4, -0.2) is 53.1 Å². The molecule has 2 saturated carbocycles. The highest BCUT2D eigenvalue weighted by Gasteiger charge is 2.50. The molecule has 0 aromatic heterocycles. The lowest BCUT2D eigenvalue weighted by Gasteiger charge is -2.55. The lowest BCUT2D eigenvalue weighted by Crippen LogP contribution is -2.52. The first kappa shape index (κ1) is 26.0. The van der Waals surface area contributed by atoms with Crippen LogP contribution in [0.15, 0.2) is 0 Å². The van der Waals surface area contributed by atoms with Gasteiger partial charge in [0.15, 0.2) is 0 Å². The van der Waals surface area contributed by atoms with E-state index in [1.54, 1.807) is 11.8 Å². The molecule has 3 atom stereocenters. The second-order valence-corrected chi connectivity index (χ2v) is 11.8. The van der Waals surface area contributed by atoms with Crippen LogP contribution in [0.2, 0.25) is 0 Å². The van der Waals surface area contributed by atoms with Crippen LogP contribution in [0, 0.1) is 22.7 Å². The zero-order valence-electron chi connectivity index (χ0n) is 19.6. The Labute approximate surface area is 190 Å². The van der Waals surface area contributed by atoms with Crippen LogP contribution in [0.5, 0.6) is 0 Å². The van der Waals surface area contributed by atoms with E-state index in [0.29, 0.717) is 22.8 Å². The summed E-state index contributed by atoms with van der Waals surface area (Å²) in [7, 11) is 1.29. The Hall–Kier alpha value is -1.28. The second-order valence-electron chi connectivity index (χ2n) is 10.6. The van der Waals surface area contributed by atoms with Gasteiger partial charge in [0.05, 0.1) is 19.6 Å². The van der Waals surface area contributed by atoms with Gasteiger partial charge in [-0.3, -0.25) is 9.59 Å². The molecule has 0 aliphatic heterocycles. The quantitative estimate of drug-likeness (QED) is 0.432. The van der Waals surface area contributed by atoms with Gasteiger partial charge >= 0.3 is 11.9 Å². The van der Waals surface area contributed by atoms with E-state index in [4.69, 9.17) is 15.6 Å². The number of thioether (sulfide) groups is 1. The average Bonchev–Trinajstić information content (AvgIpc) is 2.60. The van der Waals surface area contributed by atoms with E-state index in [9.17, 15) is 14.4 Å². The number of amides is 1. The van der Waals surface area contributed by atoms with Crippen molar-refractivity contribution in [1.82, 2.24) is 5.32 Å². The van der Waals surface area contributed by atoms with Gasteiger partial charge in [-0.25, -0.2) is 4.79 Å². The molecular formula is C23H40N2O5S.